The van der Waals surface area contributed by atoms with E-state index in [1.54, 1.807) is 18.0 Å². The molecule has 0 bridgehead atoms. The maximum Gasteiger partial charge on any atom is 0.0999 e. The Kier molecular flexibility index (Phi) is 3.76. The Hall–Kier alpha value is -0.580. The van der Waals surface area contributed by atoms with Crippen molar-refractivity contribution in [2.75, 3.05) is 7.11 Å². The van der Waals surface area contributed by atoms with E-state index in [0.29, 0.717) is 23.7 Å². The molecule has 0 aliphatic heterocycles. The van der Waals surface area contributed by atoms with Crippen LogP contribution in [0.5, 0.6) is 0 Å². The third kappa shape index (κ3) is 2.34. The van der Waals surface area contributed by atoms with E-state index in [4.69, 9.17) is 16.3 Å². The van der Waals surface area contributed by atoms with Crippen LogP contribution in [0.3, 0.4) is 0 Å². The van der Waals surface area contributed by atoms with Gasteiger partial charge >= 0.3 is 0 Å². The summed E-state index contributed by atoms with van der Waals surface area (Å²) >= 11 is 6.07. The van der Waals surface area contributed by atoms with Crippen molar-refractivity contribution in [3.05, 3.63) is 16.9 Å². The minimum absolute atomic E-state index is 0.161. The zero-order chi connectivity index (χ0) is 12.5. The molecule has 5 heteroatoms. The first-order valence-corrected chi connectivity index (χ1v) is 6.44. The van der Waals surface area contributed by atoms with Gasteiger partial charge in [-0.1, -0.05) is 11.6 Å². The van der Waals surface area contributed by atoms with Crippen LogP contribution < -0.4 is 0 Å². The molecule has 1 saturated carbocycles. The molecule has 1 heterocycles. The van der Waals surface area contributed by atoms with Crippen LogP contribution in [0, 0.1) is 0 Å². The summed E-state index contributed by atoms with van der Waals surface area (Å²) in [6, 6.07) is 0. The SMILES string of the molecule is CCn1ncc(Cl)c1C(O)CC1(OC)CCC1. The average molecular weight is 259 g/mol. The molecule has 1 aromatic heterocycles. The molecule has 1 atom stereocenters. The zero-order valence-electron chi connectivity index (χ0n) is 10.3. The van der Waals surface area contributed by atoms with Gasteiger partial charge in [0, 0.05) is 20.1 Å². The number of aryl methyl sites for hydroxylation is 1. The highest BCUT2D eigenvalue weighted by Crippen LogP contribution is 2.42. The summed E-state index contributed by atoms with van der Waals surface area (Å²) in [5.41, 5.74) is 0.545. The normalized spacial score (nSPS) is 20.0. The number of hydrogen-bond donors (Lipinski definition) is 1. The van der Waals surface area contributed by atoms with Crippen LogP contribution in [-0.2, 0) is 11.3 Å². The summed E-state index contributed by atoms with van der Waals surface area (Å²) in [7, 11) is 1.71. The number of nitrogens with zero attached hydrogens (tertiary/aromatic N) is 2. The van der Waals surface area contributed by atoms with Gasteiger partial charge in [-0.15, -0.1) is 0 Å². The highest BCUT2D eigenvalue weighted by molar-refractivity contribution is 6.31. The van der Waals surface area contributed by atoms with Crippen molar-refractivity contribution in [1.29, 1.82) is 0 Å². The van der Waals surface area contributed by atoms with Gasteiger partial charge in [-0.05, 0) is 26.2 Å². The standard InChI is InChI=1S/C12H19ClN2O2/c1-3-15-11(9(13)8-14-15)10(16)7-12(17-2)5-4-6-12/h8,10,16H,3-7H2,1-2H3. The number of rotatable bonds is 5. The molecule has 0 saturated heterocycles. The van der Waals surface area contributed by atoms with Gasteiger partial charge in [-0.2, -0.15) is 5.10 Å². The Labute approximate surface area is 107 Å². The van der Waals surface area contributed by atoms with Crippen LogP contribution in [0.15, 0.2) is 6.20 Å². The zero-order valence-corrected chi connectivity index (χ0v) is 11.1. The number of aromatic nitrogens is 2. The molecule has 0 spiro atoms. The number of hydrogen-bond acceptors (Lipinski definition) is 3. The summed E-state index contributed by atoms with van der Waals surface area (Å²) in [5, 5.41) is 15.0. The lowest BCUT2D eigenvalue weighted by Crippen LogP contribution is -2.40. The van der Waals surface area contributed by atoms with Gasteiger partial charge in [0.2, 0.25) is 0 Å². The van der Waals surface area contributed by atoms with Crippen molar-refractivity contribution in [2.45, 2.75) is 50.9 Å². The molecule has 2 rings (SSSR count). The lowest BCUT2D eigenvalue weighted by Gasteiger charge is -2.41. The fourth-order valence-electron chi connectivity index (χ4n) is 2.47. The third-order valence-corrected chi connectivity index (χ3v) is 4.00. The second-order valence-electron chi connectivity index (χ2n) is 4.65. The van der Waals surface area contributed by atoms with E-state index in [-0.39, 0.29) is 5.60 Å². The van der Waals surface area contributed by atoms with Gasteiger partial charge in [0.1, 0.15) is 0 Å². The topological polar surface area (TPSA) is 47.3 Å². The van der Waals surface area contributed by atoms with Crippen molar-refractivity contribution in [3.8, 4) is 0 Å². The minimum atomic E-state index is -0.606. The van der Waals surface area contributed by atoms with Crippen molar-refractivity contribution >= 4 is 11.6 Å². The third-order valence-electron chi connectivity index (χ3n) is 3.71. The molecule has 1 aromatic rings. The van der Waals surface area contributed by atoms with Gasteiger partial charge in [-0.25, -0.2) is 0 Å². The first-order chi connectivity index (χ1) is 8.12. The Balaban J connectivity index is 2.13. The molecule has 0 radical (unpaired) electrons. The van der Waals surface area contributed by atoms with Crippen molar-refractivity contribution in [3.63, 3.8) is 0 Å². The van der Waals surface area contributed by atoms with Crippen LogP contribution in [0.25, 0.3) is 0 Å². The molecule has 1 aliphatic carbocycles. The molecular formula is C12H19ClN2O2. The maximum atomic E-state index is 10.3. The van der Waals surface area contributed by atoms with Crippen molar-refractivity contribution < 1.29 is 9.84 Å². The number of methoxy groups -OCH3 is 1. The molecule has 0 aromatic carbocycles. The summed E-state index contributed by atoms with van der Waals surface area (Å²) in [6.45, 7) is 2.69. The fraction of sp³-hybridized carbons (Fsp3) is 0.750. The van der Waals surface area contributed by atoms with Crippen molar-refractivity contribution in [1.82, 2.24) is 9.78 Å². The Bertz CT molecular complexity index is 382. The monoisotopic (exact) mass is 258 g/mol. The van der Waals surface area contributed by atoms with Crippen LogP contribution in [0.4, 0.5) is 0 Å². The van der Waals surface area contributed by atoms with Gasteiger partial charge in [0.15, 0.2) is 0 Å². The van der Waals surface area contributed by atoms with Gasteiger partial charge in [0.05, 0.1) is 28.6 Å². The fourth-order valence-corrected chi connectivity index (χ4v) is 2.73. The van der Waals surface area contributed by atoms with E-state index < -0.39 is 6.10 Å². The Morgan fingerprint density at radius 2 is 2.35 bits per heavy atom. The largest absolute Gasteiger partial charge is 0.387 e. The van der Waals surface area contributed by atoms with Gasteiger partial charge in [0.25, 0.3) is 0 Å². The van der Waals surface area contributed by atoms with Gasteiger partial charge in [-0.3, -0.25) is 4.68 Å². The number of aliphatic hydroxyl groups excluding tert-OH is 1. The molecule has 1 aliphatic rings. The van der Waals surface area contributed by atoms with E-state index >= 15 is 0 Å². The smallest absolute Gasteiger partial charge is 0.0999 e. The van der Waals surface area contributed by atoms with E-state index in [2.05, 4.69) is 5.10 Å². The molecule has 96 valence electrons. The second kappa shape index (κ2) is 4.96. The predicted octanol–water partition coefficient (Wildman–Crippen LogP) is 2.55. The number of ether oxygens (including phenoxy) is 1. The second-order valence-corrected chi connectivity index (χ2v) is 5.06. The lowest BCUT2D eigenvalue weighted by atomic mass is 9.76. The van der Waals surface area contributed by atoms with Crippen LogP contribution >= 0.6 is 11.6 Å². The average Bonchev–Trinajstić information content (AvgIpc) is 2.64. The molecule has 0 amide bonds. The van der Waals surface area contributed by atoms with E-state index in [1.165, 1.54) is 6.42 Å². The number of halogens is 1. The highest BCUT2D eigenvalue weighted by atomic mass is 35.5. The van der Waals surface area contributed by atoms with E-state index in [9.17, 15) is 5.11 Å². The summed E-state index contributed by atoms with van der Waals surface area (Å²) in [4.78, 5) is 0. The van der Waals surface area contributed by atoms with Crippen LogP contribution in [0.2, 0.25) is 5.02 Å². The van der Waals surface area contributed by atoms with E-state index in [1.807, 2.05) is 6.92 Å². The highest BCUT2D eigenvalue weighted by Gasteiger charge is 2.40. The first kappa shape index (κ1) is 12.9. The molecule has 1 unspecified atom stereocenters. The van der Waals surface area contributed by atoms with Crippen LogP contribution in [0.1, 0.15) is 44.4 Å². The molecular weight excluding hydrogens is 240 g/mol. The predicted molar refractivity (Wildman–Crippen MR) is 66.1 cm³/mol. The lowest BCUT2D eigenvalue weighted by molar-refractivity contribution is -0.101. The minimum Gasteiger partial charge on any atom is -0.387 e. The summed E-state index contributed by atoms with van der Waals surface area (Å²) in [6.07, 6.45) is 4.77. The molecule has 1 N–H and O–H groups in total. The first-order valence-electron chi connectivity index (χ1n) is 6.06. The Morgan fingerprint density at radius 1 is 1.65 bits per heavy atom. The van der Waals surface area contributed by atoms with E-state index in [0.717, 1.165) is 12.8 Å². The molecule has 1 fully saturated rings. The molecule has 17 heavy (non-hydrogen) atoms. The van der Waals surface area contributed by atoms with Gasteiger partial charge < -0.3 is 9.84 Å². The maximum absolute atomic E-state index is 10.3. The molecule has 4 nitrogen and oxygen atoms in total. The summed E-state index contributed by atoms with van der Waals surface area (Å²) < 4.78 is 7.27. The van der Waals surface area contributed by atoms with Crippen LogP contribution in [-0.4, -0.2) is 27.6 Å². The number of aliphatic hydroxyl groups is 1. The quantitative estimate of drug-likeness (QED) is 0.883. The summed E-state index contributed by atoms with van der Waals surface area (Å²) in [5.74, 6) is 0. The van der Waals surface area contributed by atoms with Crippen molar-refractivity contribution in [2.24, 2.45) is 0 Å². The Morgan fingerprint density at radius 3 is 2.82 bits per heavy atom.